The van der Waals surface area contributed by atoms with Crippen LogP contribution in [0.25, 0.3) is 0 Å². The number of pyridine rings is 1. The van der Waals surface area contributed by atoms with Crippen LogP contribution >= 0.6 is 0 Å². The molecule has 0 bridgehead atoms. The molecule has 0 saturated heterocycles. The summed E-state index contributed by atoms with van der Waals surface area (Å²) in [6.07, 6.45) is -7.66. The first kappa shape index (κ1) is 16.3. The molecule has 0 radical (unpaired) electrons. The van der Waals surface area contributed by atoms with Gasteiger partial charge in [-0.3, -0.25) is 9.78 Å². The Hall–Kier alpha value is -1.71. The monoisotopic (exact) mass is 285 g/mol. The summed E-state index contributed by atoms with van der Waals surface area (Å²) in [5.74, 6) is -0.919. The Balaban J connectivity index is 2.78. The first-order valence-corrected chi connectivity index (χ1v) is 5.70. The van der Waals surface area contributed by atoms with Crippen LogP contribution in [0.3, 0.4) is 0 Å². The van der Waals surface area contributed by atoms with E-state index in [2.05, 4.69) is 4.98 Å². The van der Waals surface area contributed by atoms with Gasteiger partial charge in [-0.05, 0) is 12.1 Å². The lowest BCUT2D eigenvalue weighted by Crippen LogP contribution is -2.51. The second-order valence-corrected chi connectivity index (χ2v) is 4.15. The number of ketones is 1. The fourth-order valence-electron chi connectivity index (χ4n) is 1.51. The van der Waals surface area contributed by atoms with Crippen LogP contribution in [0.2, 0.25) is 0 Å². The van der Waals surface area contributed by atoms with E-state index in [1.807, 2.05) is 0 Å². The molecular formula is C12H15NO7. The minimum Gasteiger partial charge on any atom is -0.387 e. The smallest absolute Gasteiger partial charge is 0.195 e. The van der Waals surface area contributed by atoms with Crippen LogP contribution < -0.4 is 0 Å². The summed E-state index contributed by atoms with van der Waals surface area (Å²) in [5, 5.41) is 47.1. The molecule has 0 aliphatic heterocycles. The van der Waals surface area contributed by atoms with Crippen molar-refractivity contribution < 1.29 is 35.1 Å². The van der Waals surface area contributed by atoms with Crippen molar-refractivity contribution in [3.63, 3.8) is 0 Å². The highest BCUT2D eigenvalue weighted by Gasteiger charge is 2.37. The number of carbonyl (C=O) groups is 2. The predicted octanol–water partition coefficient (Wildman–Crippen LogP) is -2.73. The summed E-state index contributed by atoms with van der Waals surface area (Å²) < 4.78 is 0. The van der Waals surface area contributed by atoms with Gasteiger partial charge in [-0.15, -0.1) is 0 Å². The van der Waals surface area contributed by atoms with Crippen molar-refractivity contribution in [1.29, 1.82) is 0 Å². The second kappa shape index (κ2) is 7.17. The van der Waals surface area contributed by atoms with E-state index >= 15 is 0 Å². The quantitative estimate of drug-likeness (QED) is 0.268. The molecule has 5 N–H and O–H groups in total. The van der Waals surface area contributed by atoms with Crippen LogP contribution in [0.5, 0.6) is 0 Å². The van der Waals surface area contributed by atoms with Crippen molar-refractivity contribution in [3.05, 3.63) is 30.1 Å². The van der Waals surface area contributed by atoms with Crippen LogP contribution in [-0.4, -0.2) is 73.1 Å². The number of aliphatic hydroxyl groups excluding tert-OH is 5. The molecule has 0 aliphatic rings. The molecule has 1 aromatic heterocycles. The van der Waals surface area contributed by atoms with Crippen molar-refractivity contribution in [2.24, 2.45) is 0 Å². The van der Waals surface area contributed by atoms with Gasteiger partial charge in [0.05, 0.1) is 0 Å². The second-order valence-electron chi connectivity index (χ2n) is 4.15. The number of aldehydes is 1. The maximum absolute atomic E-state index is 11.8. The normalized spacial score (nSPS) is 18.6. The van der Waals surface area contributed by atoms with Crippen LogP contribution in [0, 0.1) is 0 Å². The largest absolute Gasteiger partial charge is 0.387 e. The molecule has 0 aliphatic carbocycles. The highest BCUT2D eigenvalue weighted by Crippen LogP contribution is 2.12. The molecule has 1 heterocycles. The lowest BCUT2D eigenvalue weighted by Gasteiger charge is -2.26. The third kappa shape index (κ3) is 3.65. The number of hydrogen-bond donors (Lipinski definition) is 5. The van der Waals surface area contributed by atoms with Gasteiger partial charge in [0.1, 0.15) is 30.5 Å². The van der Waals surface area contributed by atoms with Gasteiger partial charge in [0, 0.05) is 18.0 Å². The molecule has 20 heavy (non-hydrogen) atoms. The number of rotatable bonds is 7. The average Bonchev–Trinajstić information content (AvgIpc) is 2.51. The van der Waals surface area contributed by atoms with Crippen molar-refractivity contribution in [2.45, 2.75) is 30.5 Å². The van der Waals surface area contributed by atoms with E-state index in [-0.39, 0.29) is 11.8 Å². The lowest BCUT2D eigenvalue weighted by atomic mass is 9.95. The molecule has 0 aromatic carbocycles. The number of Topliss-reactive ketones (excluding diaryl/α,β-unsaturated/α-hetero) is 1. The summed E-state index contributed by atoms with van der Waals surface area (Å²) in [6.45, 7) is 0. The van der Waals surface area contributed by atoms with Gasteiger partial charge < -0.3 is 30.3 Å². The summed E-state index contributed by atoms with van der Waals surface area (Å²) in [4.78, 5) is 25.7. The Labute approximate surface area is 113 Å². The minimum atomic E-state index is -2.08. The first-order valence-electron chi connectivity index (χ1n) is 5.70. The van der Waals surface area contributed by atoms with E-state index in [4.69, 9.17) is 5.11 Å². The zero-order chi connectivity index (χ0) is 15.3. The molecule has 1 unspecified atom stereocenters. The molecule has 1 rings (SSSR count). The van der Waals surface area contributed by atoms with E-state index in [0.717, 1.165) is 6.20 Å². The molecular weight excluding hydrogens is 270 g/mol. The van der Waals surface area contributed by atoms with E-state index in [1.54, 1.807) is 0 Å². The Kier molecular flexibility index (Phi) is 5.86. The fraction of sp³-hybridized carbons (Fsp3) is 0.417. The zero-order valence-electron chi connectivity index (χ0n) is 10.3. The zero-order valence-corrected chi connectivity index (χ0v) is 10.3. The summed E-state index contributed by atoms with van der Waals surface area (Å²) in [6, 6.07) is 2.78. The first-order chi connectivity index (χ1) is 9.40. The number of carbonyl (C=O) groups excluding carboxylic acids is 2. The van der Waals surface area contributed by atoms with Crippen LogP contribution in [0.4, 0.5) is 0 Å². The Morgan fingerprint density at radius 1 is 1.10 bits per heavy atom. The van der Waals surface area contributed by atoms with Crippen molar-refractivity contribution in [1.82, 2.24) is 4.98 Å². The van der Waals surface area contributed by atoms with Gasteiger partial charge >= 0.3 is 0 Å². The maximum Gasteiger partial charge on any atom is 0.195 e. The topological polar surface area (TPSA) is 148 Å². The van der Waals surface area contributed by atoms with Crippen molar-refractivity contribution >= 4 is 12.1 Å². The van der Waals surface area contributed by atoms with Crippen LogP contribution in [-0.2, 0) is 4.79 Å². The summed E-state index contributed by atoms with van der Waals surface area (Å²) in [5.41, 5.74) is -0.00308. The molecule has 0 fully saturated rings. The highest BCUT2D eigenvalue weighted by atomic mass is 16.4. The van der Waals surface area contributed by atoms with Gasteiger partial charge in [-0.2, -0.15) is 0 Å². The number of aromatic nitrogens is 1. The van der Waals surface area contributed by atoms with Crippen LogP contribution in [0.15, 0.2) is 24.5 Å². The highest BCUT2D eigenvalue weighted by molar-refractivity contribution is 5.99. The number of aliphatic hydroxyl groups is 5. The molecule has 0 saturated carbocycles. The number of nitrogens with zero attached hydrogens (tertiary/aromatic N) is 1. The summed E-state index contributed by atoms with van der Waals surface area (Å²) in [7, 11) is 0. The van der Waals surface area contributed by atoms with Gasteiger partial charge in [0.2, 0.25) is 0 Å². The standard InChI is InChI=1S/C12H15NO7/c14-5-7(15)9(17)11(19)12(20)10(18)8(16)6-2-1-3-13-4-6/h1-5,7,9-12,15,17-20H/t7-,9+,10?,11-,12+/m0/s1. The van der Waals surface area contributed by atoms with Gasteiger partial charge in [-0.25, -0.2) is 0 Å². The van der Waals surface area contributed by atoms with E-state index in [0.29, 0.717) is 0 Å². The van der Waals surface area contributed by atoms with E-state index in [1.165, 1.54) is 18.3 Å². The van der Waals surface area contributed by atoms with Crippen molar-refractivity contribution in [2.75, 3.05) is 0 Å². The molecule has 8 nitrogen and oxygen atoms in total. The lowest BCUT2D eigenvalue weighted by molar-refractivity contribution is -0.140. The maximum atomic E-state index is 11.8. The molecule has 5 atom stereocenters. The minimum absolute atomic E-state index is 0.00308. The Bertz CT molecular complexity index is 452. The van der Waals surface area contributed by atoms with Crippen LogP contribution in [0.1, 0.15) is 10.4 Å². The molecule has 110 valence electrons. The predicted molar refractivity (Wildman–Crippen MR) is 64.7 cm³/mol. The number of hydrogen-bond acceptors (Lipinski definition) is 8. The average molecular weight is 285 g/mol. The molecule has 1 aromatic rings. The van der Waals surface area contributed by atoms with Gasteiger partial charge in [0.25, 0.3) is 0 Å². The third-order valence-electron chi connectivity index (χ3n) is 2.73. The molecule has 0 spiro atoms. The Morgan fingerprint density at radius 2 is 1.75 bits per heavy atom. The molecule has 8 heteroatoms. The SMILES string of the molecule is O=C[C@H](O)[C@@H](O)[C@H](O)[C@H](O)C(O)C(=O)c1cccnc1. The summed E-state index contributed by atoms with van der Waals surface area (Å²) >= 11 is 0. The van der Waals surface area contributed by atoms with E-state index in [9.17, 15) is 30.0 Å². The Morgan fingerprint density at radius 3 is 2.25 bits per heavy atom. The van der Waals surface area contributed by atoms with Crippen molar-refractivity contribution in [3.8, 4) is 0 Å². The third-order valence-corrected chi connectivity index (χ3v) is 2.73. The van der Waals surface area contributed by atoms with E-state index < -0.39 is 36.3 Å². The van der Waals surface area contributed by atoms with Gasteiger partial charge in [-0.1, -0.05) is 0 Å². The van der Waals surface area contributed by atoms with Gasteiger partial charge in [0.15, 0.2) is 12.1 Å². The fourth-order valence-corrected chi connectivity index (χ4v) is 1.51. The molecule has 0 amide bonds.